The summed E-state index contributed by atoms with van der Waals surface area (Å²) in [6.45, 7) is 2.60. The number of hydrogen-bond acceptors (Lipinski definition) is 3. The van der Waals surface area contributed by atoms with E-state index in [-0.39, 0.29) is 17.9 Å². The number of carbonyl (C=O) groups is 2. The average Bonchev–Trinajstić information content (AvgIpc) is 2.77. The maximum absolute atomic E-state index is 12.3. The van der Waals surface area contributed by atoms with Crippen LogP contribution in [0.3, 0.4) is 0 Å². The number of aryl methyl sites for hydroxylation is 1. The van der Waals surface area contributed by atoms with Crippen LogP contribution >= 0.6 is 0 Å². The molecule has 110 valence electrons. The molecule has 21 heavy (non-hydrogen) atoms. The van der Waals surface area contributed by atoms with Gasteiger partial charge in [0.25, 0.3) is 5.91 Å². The summed E-state index contributed by atoms with van der Waals surface area (Å²) in [7, 11) is 0. The molecule has 0 aromatic carbocycles. The van der Waals surface area contributed by atoms with Crippen molar-refractivity contribution in [2.45, 2.75) is 32.2 Å². The van der Waals surface area contributed by atoms with Crippen LogP contribution in [0.1, 0.15) is 35.3 Å². The molecule has 6 heteroatoms. The number of carbonyl (C=O) groups excluding carboxylic acids is 2. The fraction of sp³-hybridized carbons (Fsp3) is 0.400. The van der Waals surface area contributed by atoms with Crippen molar-refractivity contribution in [3.63, 3.8) is 0 Å². The van der Waals surface area contributed by atoms with Crippen molar-refractivity contribution >= 4 is 17.5 Å². The second-order valence-electron chi connectivity index (χ2n) is 5.44. The molecule has 0 aliphatic carbocycles. The third kappa shape index (κ3) is 3.04. The molecule has 1 fully saturated rings. The van der Waals surface area contributed by atoms with Crippen LogP contribution in [0.15, 0.2) is 24.5 Å². The Labute approximate surface area is 122 Å². The molecular formula is C15H18N4O2. The van der Waals surface area contributed by atoms with Crippen molar-refractivity contribution < 1.29 is 9.59 Å². The Hall–Kier alpha value is -2.37. The number of nitrogens with zero attached hydrogens (tertiary/aromatic N) is 2. The fourth-order valence-electron chi connectivity index (χ4n) is 2.52. The monoisotopic (exact) mass is 286 g/mol. The van der Waals surface area contributed by atoms with Gasteiger partial charge in [-0.2, -0.15) is 0 Å². The molecular weight excluding hydrogens is 268 g/mol. The maximum Gasteiger partial charge on any atom is 0.271 e. The number of pyridine rings is 1. The van der Waals surface area contributed by atoms with Crippen LogP contribution in [0.4, 0.5) is 0 Å². The predicted molar refractivity (Wildman–Crippen MR) is 78.0 cm³/mol. The summed E-state index contributed by atoms with van der Waals surface area (Å²) in [4.78, 5) is 27.9. The van der Waals surface area contributed by atoms with E-state index in [0.29, 0.717) is 25.1 Å². The molecule has 0 saturated carbocycles. The van der Waals surface area contributed by atoms with Crippen LogP contribution < -0.4 is 10.6 Å². The molecule has 2 N–H and O–H groups in total. The van der Waals surface area contributed by atoms with Crippen molar-refractivity contribution in [3.8, 4) is 0 Å². The zero-order chi connectivity index (χ0) is 14.8. The van der Waals surface area contributed by atoms with Crippen LogP contribution in [0.2, 0.25) is 0 Å². The minimum Gasteiger partial charge on any atom is -0.356 e. The molecule has 1 aliphatic rings. The van der Waals surface area contributed by atoms with Crippen molar-refractivity contribution in [1.82, 2.24) is 20.0 Å². The van der Waals surface area contributed by atoms with Crippen molar-refractivity contribution in [1.29, 1.82) is 0 Å². The molecule has 1 saturated heterocycles. The molecule has 0 bridgehead atoms. The molecule has 2 aromatic heterocycles. The summed E-state index contributed by atoms with van der Waals surface area (Å²) in [6.07, 6.45) is 5.50. The van der Waals surface area contributed by atoms with E-state index in [1.807, 2.05) is 29.7 Å². The van der Waals surface area contributed by atoms with Crippen LogP contribution in [-0.2, 0) is 4.79 Å². The summed E-state index contributed by atoms with van der Waals surface area (Å²) in [5.74, 6) is -0.134. The highest BCUT2D eigenvalue weighted by Crippen LogP contribution is 2.10. The molecule has 1 aliphatic heterocycles. The van der Waals surface area contributed by atoms with E-state index in [1.165, 1.54) is 0 Å². The molecule has 1 unspecified atom stereocenters. The van der Waals surface area contributed by atoms with Gasteiger partial charge in [0.15, 0.2) is 0 Å². The van der Waals surface area contributed by atoms with Gasteiger partial charge < -0.3 is 15.0 Å². The van der Waals surface area contributed by atoms with Gasteiger partial charge in [-0.15, -0.1) is 0 Å². The Morgan fingerprint density at radius 1 is 1.48 bits per heavy atom. The van der Waals surface area contributed by atoms with Gasteiger partial charge in [-0.05, 0) is 37.5 Å². The normalized spacial score (nSPS) is 19.1. The van der Waals surface area contributed by atoms with E-state index in [0.717, 1.165) is 17.6 Å². The summed E-state index contributed by atoms with van der Waals surface area (Å²) >= 11 is 0. The number of amides is 2. The van der Waals surface area contributed by atoms with Gasteiger partial charge in [0.2, 0.25) is 5.91 Å². The Bertz CT molecular complexity index is 692. The second kappa shape index (κ2) is 5.55. The number of fused-ring (bicyclic) bond motifs is 1. The van der Waals surface area contributed by atoms with Crippen LogP contribution in [0.5, 0.6) is 0 Å². The maximum atomic E-state index is 12.3. The van der Waals surface area contributed by atoms with Crippen molar-refractivity contribution in [2.24, 2.45) is 0 Å². The number of hydrogen-bond donors (Lipinski definition) is 2. The largest absolute Gasteiger partial charge is 0.356 e. The third-order valence-electron chi connectivity index (χ3n) is 3.72. The molecule has 3 heterocycles. The highest BCUT2D eigenvalue weighted by molar-refractivity contribution is 5.93. The van der Waals surface area contributed by atoms with Gasteiger partial charge in [0, 0.05) is 31.4 Å². The molecule has 6 nitrogen and oxygen atoms in total. The van der Waals surface area contributed by atoms with E-state index in [1.54, 1.807) is 6.20 Å². The number of rotatable bonds is 2. The third-order valence-corrected chi connectivity index (χ3v) is 3.72. The minimum atomic E-state index is -0.185. The van der Waals surface area contributed by atoms with Gasteiger partial charge >= 0.3 is 0 Å². The van der Waals surface area contributed by atoms with Crippen molar-refractivity contribution in [2.75, 3.05) is 6.54 Å². The Kier molecular flexibility index (Phi) is 3.60. The zero-order valence-electron chi connectivity index (χ0n) is 11.9. The Morgan fingerprint density at radius 3 is 3.19 bits per heavy atom. The Morgan fingerprint density at radius 2 is 2.33 bits per heavy atom. The van der Waals surface area contributed by atoms with E-state index < -0.39 is 0 Å². The summed E-state index contributed by atoms with van der Waals surface area (Å²) in [5, 5.41) is 5.77. The first-order valence-corrected chi connectivity index (χ1v) is 7.15. The topological polar surface area (TPSA) is 75.5 Å². The lowest BCUT2D eigenvalue weighted by atomic mass is 10.1. The van der Waals surface area contributed by atoms with E-state index in [4.69, 9.17) is 0 Å². The molecule has 2 amide bonds. The molecule has 2 aromatic rings. The van der Waals surface area contributed by atoms with Crippen LogP contribution in [-0.4, -0.2) is 33.8 Å². The van der Waals surface area contributed by atoms with Gasteiger partial charge in [-0.3, -0.25) is 9.59 Å². The fourth-order valence-corrected chi connectivity index (χ4v) is 2.52. The number of nitrogens with one attached hydrogen (secondary N) is 2. The smallest absolute Gasteiger partial charge is 0.271 e. The van der Waals surface area contributed by atoms with Gasteiger partial charge in [0.1, 0.15) is 11.3 Å². The van der Waals surface area contributed by atoms with Gasteiger partial charge in [0.05, 0.1) is 0 Å². The summed E-state index contributed by atoms with van der Waals surface area (Å²) < 4.78 is 1.83. The lowest BCUT2D eigenvalue weighted by Gasteiger charge is -2.14. The SMILES string of the molecule is Cc1ccn2cc(C(=O)NC3CCNC(=O)CC3)nc2c1. The first-order chi connectivity index (χ1) is 10.1. The molecule has 0 spiro atoms. The van der Waals surface area contributed by atoms with E-state index in [2.05, 4.69) is 15.6 Å². The van der Waals surface area contributed by atoms with E-state index in [9.17, 15) is 9.59 Å². The highest BCUT2D eigenvalue weighted by Gasteiger charge is 2.19. The number of imidazole rings is 1. The quantitative estimate of drug-likeness (QED) is 0.866. The lowest BCUT2D eigenvalue weighted by Crippen LogP contribution is -2.35. The predicted octanol–water partition coefficient (Wildman–Crippen LogP) is 1.04. The highest BCUT2D eigenvalue weighted by atomic mass is 16.2. The summed E-state index contributed by atoms with van der Waals surface area (Å²) in [6, 6.07) is 3.92. The second-order valence-corrected chi connectivity index (χ2v) is 5.44. The standard InChI is InChI=1S/C15H18N4O2/c1-10-5-7-19-9-12(18-13(19)8-10)15(21)17-11-2-3-14(20)16-6-4-11/h5,7-9,11H,2-4,6H2,1H3,(H,16,20)(H,17,21). The van der Waals surface area contributed by atoms with Crippen molar-refractivity contribution in [3.05, 3.63) is 35.8 Å². The molecule has 3 rings (SSSR count). The van der Waals surface area contributed by atoms with Crippen LogP contribution in [0.25, 0.3) is 5.65 Å². The first kappa shape index (κ1) is 13.6. The Balaban J connectivity index is 1.72. The summed E-state index contributed by atoms with van der Waals surface area (Å²) in [5.41, 5.74) is 2.27. The lowest BCUT2D eigenvalue weighted by molar-refractivity contribution is -0.120. The minimum absolute atomic E-state index is 0.0167. The average molecular weight is 286 g/mol. The zero-order valence-corrected chi connectivity index (χ0v) is 11.9. The van der Waals surface area contributed by atoms with Crippen LogP contribution in [0, 0.1) is 6.92 Å². The molecule has 0 radical (unpaired) electrons. The number of aromatic nitrogens is 2. The van der Waals surface area contributed by atoms with Gasteiger partial charge in [-0.25, -0.2) is 4.98 Å². The van der Waals surface area contributed by atoms with E-state index >= 15 is 0 Å². The molecule has 1 atom stereocenters. The van der Waals surface area contributed by atoms with Gasteiger partial charge in [-0.1, -0.05) is 0 Å². The first-order valence-electron chi connectivity index (χ1n) is 7.15.